The lowest BCUT2D eigenvalue weighted by molar-refractivity contribution is 0.411. The molecule has 4 nitrogen and oxygen atoms in total. The van der Waals surface area contributed by atoms with E-state index < -0.39 is 9.05 Å². The maximum absolute atomic E-state index is 11.0. The van der Waals surface area contributed by atoms with E-state index in [4.69, 9.17) is 15.4 Å². The molecule has 1 aromatic rings. The summed E-state index contributed by atoms with van der Waals surface area (Å²) >= 11 is 2.97. The van der Waals surface area contributed by atoms with E-state index in [-0.39, 0.29) is 9.50 Å². The smallest absolute Gasteiger partial charge is 0.264 e. The van der Waals surface area contributed by atoms with Crippen LogP contribution in [0.25, 0.3) is 0 Å². The van der Waals surface area contributed by atoms with Crippen LogP contribution < -0.4 is 4.74 Å². The fourth-order valence-corrected chi connectivity index (χ4v) is 2.69. The van der Waals surface area contributed by atoms with Crippen molar-refractivity contribution in [3.05, 3.63) is 16.9 Å². The maximum atomic E-state index is 11.0. The van der Waals surface area contributed by atoms with Crippen molar-refractivity contribution in [1.29, 1.82) is 0 Å². The van der Waals surface area contributed by atoms with Crippen LogP contribution in [0, 0.1) is 0 Å². The largest absolute Gasteiger partial charge is 0.495 e. The summed E-state index contributed by atoms with van der Waals surface area (Å²) in [5, 5.41) is 0. The predicted molar refractivity (Wildman–Crippen MR) is 51.5 cm³/mol. The Hall–Kier alpha value is -0.330. The number of aromatic nitrogens is 1. The predicted octanol–water partition coefficient (Wildman–Crippen LogP) is 1.78. The number of nitrogens with zero attached hydrogens (tertiary/aromatic N) is 1. The van der Waals surface area contributed by atoms with Gasteiger partial charge in [0, 0.05) is 16.7 Å². The molecule has 0 aliphatic heterocycles. The first kappa shape index (κ1) is 10.7. The Morgan fingerprint density at radius 2 is 2.23 bits per heavy atom. The number of hydrogen-bond donors (Lipinski definition) is 0. The van der Waals surface area contributed by atoms with Crippen LogP contribution in [0.15, 0.2) is 21.8 Å². The van der Waals surface area contributed by atoms with Gasteiger partial charge < -0.3 is 4.74 Å². The quantitative estimate of drug-likeness (QED) is 0.614. The Balaban J connectivity index is 3.36. The van der Waals surface area contributed by atoms with Gasteiger partial charge in [0.2, 0.25) is 0 Å². The molecule has 0 saturated carbocycles. The van der Waals surface area contributed by atoms with Crippen molar-refractivity contribution in [2.45, 2.75) is 4.90 Å². The van der Waals surface area contributed by atoms with Crippen molar-refractivity contribution in [2.24, 2.45) is 0 Å². The second kappa shape index (κ2) is 3.81. The van der Waals surface area contributed by atoms with Crippen molar-refractivity contribution in [2.75, 3.05) is 7.11 Å². The first-order valence-corrected chi connectivity index (χ1v) is 6.19. The molecule has 0 radical (unpaired) electrons. The van der Waals surface area contributed by atoms with E-state index in [0.717, 1.165) is 0 Å². The fourth-order valence-electron chi connectivity index (χ4n) is 0.693. The number of pyridine rings is 1. The number of halogens is 2. The van der Waals surface area contributed by atoms with Crippen LogP contribution >= 0.6 is 26.6 Å². The lowest BCUT2D eigenvalue weighted by Crippen LogP contribution is -1.95. The average molecular weight is 287 g/mol. The Kier molecular flexibility index (Phi) is 3.15. The van der Waals surface area contributed by atoms with E-state index in [1.807, 2.05) is 0 Å². The summed E-state index contributed by atoms with van der Waals surface area (Å²) in [5.41, 5.74) is 0. The molecule has 0 saturated heterocycles. The lowest BCUT2D eigenvalue weighted by Gasteiger charge is -2.02. The minimum absolute atomic E-state index is 0.103. The zero-order valence-electron chi connectivity index (χ0n) is 6.49. The summed E-state index contributed by atoms with van der Waals surface area (Å²) in [5.74, 6) is 0.336. The van der Waals surface area contributed by atoms with Gasteiger partial charge in [0.25, 0.3) is 9.05 Å². The first-order chi connectivity index (χ1) is 5.95. The van der Waals surface area contributed by atoms with Gasteiger partial charge >= 0.3 is 0 Å². The monoisotopic (exact) mass is 285 g/mol. The van der Waals surface area contributed by atoms with Gasteiger partial charge in [0.05, 0.1) is 13.3 Å². The molecule has 7 heteroatoms. The van der Waals surface area contributed by atoms with Gasteiger partial charge in [-0.15, -0.1) is 0 Å². The second-order valence-corrected chi connectivity index (χ2v) is 5.39. The second-order valence-electron chi connectivity index (χ2n) is 2.10. The molecule has 1 aromatic heterocycles. The lowest BCUT2D eigenvalue weighted by atomic mass is 10.5. The molecule has 0 spiro atoms. The van der Waals surface area contributed by atoms with Crippen LogP contribution in [-0.4, -0.2) is 20.5 Å². The highest BCUT2D eigenvalue weighted by Gasteiger charge is 2.16. The van der Waals surface area contributed by atoms with Crippen LogP contribution in [0.5, 0.6) is 5.75 Å². The van der Waals surface area contributed by atoms with Crippen LogP contribution in [0.1, 0.15) is 0 Å². The highest BCUT2D eigenvalue weighted by Crippen LogP contribution is 2.26. The molecular formula is C6H5BrClNO3S. The zero-order valence-corrected chi connectivity index (χ0v) is 9.65. The summed E-state index contributed by atoms with van der Waals surface area (Å²) < 4.78 is 26.9. The molecule has 0 bridgehead atoms. The molecule has 72 valence electrons. The van der Waals surface area contributed by atoms with Gasteiger partial charge in [-0.1, -0.05) is 0 Å². The molecule has 1 rings (SSSR count). The zero-order chi connectivity index (χ0) is 10.1. The standard InChI is InChI=1S/C6H5BrClNO3S/c1-12-4-2-5(13(8,10)11)6(7)9-3-4/h2-3H,1H3. The topological polar surface area (TPSA) is 56.3 Å². The van der Waals surface area contributed by atoms with Crippen molar-refractivity contribution >= 4 is 35.7 Å². The summed E-state index contributed by atoms with van der Waals surface area (Å²) in [7, 11) is 2.77. The summed E-state index contributed by atoms with van der Waals surface area (Å²) in [6.45, 7) is 0. The van der Waals surface area contributed by atoms with E-state index in [2.05, 4.69) is 20.9 Å². The van der Waals surface area contributed by atoms with E-state index in [1.165, 1.54) is 19.4 Å². The van der Waals surface area contributed by atoms with Crippen LogP contribution in [0.2, 0.25) is 0 Å². The first-order valence-electron chi connectivity index (χ1n) is 3.09. The summed E-state index contributed by atoms with van der Waals surface area (Å²) in [6, 6.07) is 1.29. The van der Waals surface area contributed by atoms with E-state index in [1.54, 1.807) is 0 Å². The minimum atomic E-state index is -3.78. The van der Waals surface area contributed by atoms with E-state index in [9.17, 15) is 8.42 Å². The third-order valence-corrected chi connectivity index (χ3v) is 3.51. The number of methoxy groups -OCH3 is 1. The SMILES string of the molecule is COc1cnc(Br)c(S(=O)(=O)Cl)c1. The Morgan fingerprint density at radius 3 is 2.69 bits per heavy atom. The molecule has 0 aliphatic carbocycles. The van der Waals surface area contributed by atoms with Crippen molar-refractivity contribution in [1.82, 2.24) is 4.98 Å². The molecule has 0 aromatic carbocycles. The van der Waals surface area contributed by atoms with E-state index >= 15 is 0 Å². The molecule has 0 fully saturated rings. The molecular weight excluding hydrogens is 281 g/mol. The fraction of sp³-hybridized carbons (Fsp3) is 0.167. The highest BCUT2D eigenvalue weighted by atomic mass is 79.9. The van der Waals surface area contributed by atoms with Gasteiger partial charge in [-0.3, -0.25) is 0 Å². The van der Waals surface area contributed by atoms with Crippen LogP contribution in [0.3, 0.4) is 0 Å². The average Bonchev–Trinajstić information content (AvgIpc) is 2.03. The molecule has 0 N–H and O–H groups in total. The highest BCUT2D eigenvalue weighted by molar-refractivity contribution is 9.10. The third-order valence-electron chi connectivity index (χ3n) is 1.28. The van der Waals surface area contributed by atoms with E-state index in [0.29, 0.717) is 5.75 Å². The van der Waals surface area contributed by atoms with Crippen molar-refractivity contribution in [3.8, 4) is 5.75 Å². The van der Waals surface area contributed by atoms with Crippen LogP contribution in [0.4, 0.5) is 0 Å². The molecule has 0 unspecified atom stereocenters. The van der Waals surface area contributed by atoms with Gasteiger partial charge in [-0.05, 0) is 15.9 Å². The number of ether oxygens (including phenoxy) is 1. The van der Waals surface area contributed by atoms with Gasteiger partial charge in [0.15, 0.2) is 0 Å². The minimum Gasteiger partial charge on any atom is -0.495 e. The third kappa shape index (κ3) is 2.55. The Bertz CT molecular complexity index is 420. The number of rotatable bonds is 2. The normalized spacial score (nSPS) is 11.3. The maximum Gasteiger partial charge on any atom is 0.264 e. The Labute approximate surface area is 88.4 Å². The van der Waals surface area contributed by atoms with Gasteiger partial charge in [0.1, 0.15) is 15.2 Å². The molecule has 0 amide bonds. The van der Waals surface area contributed by atoms with Gasteiger partial charge in [-0.2, -0.15) is 0 Å². The van der Waals surface area contributed by atoms with Crippen molar-refractivity contribution in [3.63, 3.8) is 0 Å². The molecule has 13 heavy (non-hydrogen) atoms. The summed E-state index contributed by atoms with van der Waals surface area (Å²) in [6.07, 6.45) is 1.38. The van der Waals surface area contributed by atoms with Crippen molar-refractivity contribution < 1.29 is 13.2 Å². The van der Waals surface area contributed by atoms with Gasteiger partial charge in [-0.25, -0.2) is 13.4 Å². The number of hydrogen-bond acceptors (Lipinski definition) is 4. The van der Waals surface area contributed by atoms with Crippen LogP contribution in [-0.2, 0) is 9.05 Å². The Morgan fingerprint density at radius 1 is 1.62 bits per heavy atom. The molecule has 0 aliphatic rings. The summed E-state index contributed by atoms with van der Waals surface area (Å²) in [4.78, 5) is 3.64. The molecule has 0 atom stereocenters. The molecule has 1 heterocycles.